The number of nitrogens with zero attached hydrogens (tertiary/aromatic N) is 2. The molecule has 3 nitrogen and oxygen atoms in total. The molecule has 24 rings (SSSR count). The number of hydrogen-bond acceptors (Lipinski definition) is 3. The number of rotatable bonds is 12. The summed E-state index contributed by atoms with van der Waals surface area (Å²) in [6.07, 6.45) is 0. The van der Waals surface area contributed by atoms with Crippen molar-refractivity contribution in [2.24, 2.45) is 0 Å². The van der Waals surface area contributed by atoms with E-state index in [1.807, 2.05) is 6.07 Å². The third-order valence-corrected chi connectivity index (χ3v) is 29.0. The van der Waals surface area contributed by atoms with E-state index in [4.69, 9.17) is 4.42 Å². The van der Waals surface area contributed by atoms with E-state index in [0.29, 0.717) is 0 Å². The predicted octanol–water partition coefficient (Wildman–Crippen LogP) is 33.7. The van der Waals surface area contributed by atoms with Crippen molar-refractivity contribution < 1.29 is 4.42 Å². The average molecular weight is 1620 g/mol. The molecule has 19 aromatic rings. The van der Waals surface area contributed by atoms with Crippen LogP contribution in [-0.2, 0) is 27.1 Å². The summed E-state index contributed by atoms with van der Waals surface area (Å²) in [4.78, 5) is 4.85. The van der Waals surface area contributed by atoms with Gasteiger partial charge in [0.15, 0.2) is 0 Å². The highest BCUT2D eigenvalue weighted by Crippen LogP contribution is 2.62. The number of hydrogen-bond donors (Lipinski definition) is 0. The fraction of sp³-hybridized carbons (Fsp3) is 0.122. The molecule has 126 heavy (non-hydrogen) atoms. The third-order valence-electron chi connectivity index (χ3n) is 29.0. The van der Waals surface area contributed by atoms with Crippen LogP contribution < -0.4 is 9.80 Å². The summed E-state index contributed by atoms with van der Waals surface area (Å²) in [5, 5.41) is 2.28. The van der Waals surface area contributed by atoms with Crippen molar-refractivity contribution in [3.05, 3.63) is 456 Å². The number of furan rings is 1. The van der Waals surface area contributed by atoms with Gasteiger partial charge in [-0.1, -0.05) is 391 Å². The first-order chi connectivity index (χ1) is 61.3. The SMILES string of the molecule is CC1(C)c2ccccc2-c2ccc(N(c3ccc(-c4ccc(-c5ccccc5)c5c4C(C)(C)c4ccccc4-5)cc3)c3ccc(-c4cccc5c4oc4ccccc45)cc3)cc21.CC1(C)c2ccccc2-c2ccc(N(c3ccc(-c4ccccc4)cc3)c3ccc(-c4ccc(-c5cccc6c5-c5ccccc5C6(C)C)c5c4C(C)(C)c4ccccc4-5)cc3)cc21. The van der Waals surface area contributed by atoms with Crippen molar-refractivity contribution in [1.82, 2.24) is 0 Å². The highest BCUT2D eigenvalue weighted by atomic mass is 16.3. The highest BCUT2D eigenvalue weighted by molar-refractivity contribution is 6.10. The van der Waals surface area contributed by atoms with E-state index in [0.717, 1.165) is 67.2 Å². The fourth-order valence-electron chi connectivity index (χ4n) is 22.7. The summed E-state index contributed by atoms with van der Waals surface area (Å²) in [5.74, 6) is 0. The Morgan fingerprint density at radius 2 is 0.460 bits per heavy atom. The summed E-state index contributed by atoms with van der Waals surface area (Å²) in [7, 11) is 0. The maximum Gasteiger partial charge on any atom is 0.143 e. The zero-order valence-corrected chi connectivity index (χ0v) is 72.9. The van der Waals surface area contributed by atoms with Crippen molar-refractivity contribution in [2.45, 2.75) is 96.3 Å². The molecule has 0 saturated carbocycles. The molecule has 0 unspecified atom stereocenters. The Morgan fingerprint density at radius 1 is 0.175 bits per heavy atom. The Balaban J connectivity index is 0.000000145. The van der Waals surface area contributed by atoms with E-state index in [9.17, 15) is 0 Å². The summed E-state index contributed by atoms with van der Waals surface area (Å²) in [6, 6.07) is 148. The molecule has 0 spiro atoms. The molecule has 5 aliphatic carbocycles. The van der Waals surface area contributed by atoms with E-state index in [1.165, 1.54) is 167 Å². The lowest BCUT2D eigenvalue weighted by Gasteiger charge is -2.29. The van der Waals surface area contributed by atoms with Crippen molar-refractivity contribution in [3.8, 4) is 122 Å². The third kappa shape index (κ3) is 11.7. The first-order valence-electron chi connectivity index (χ1n) is 44.6. The lowest BCUT2D eigenvalue weighted by molar-refractivity contribution is 0.660. The number of fused-ring (bicyclic) bond motifs is 18. The second-order valence-corrected chi connectivity index (χ2v) is 37.7. The molecule has 0 atom stereocenters. The minimum Gasteiger partial charge on any atom is -0.455 e. The molecule has 0 aliphatic heterocycles. The number of para-hydroxylation sites is 2. The van der Waals surface area contributed by atoms with Crippen LogP contribution in [0.15, 0.2) is 405 Å². The molecule has 5 aliphatic rings. The second-order valence-electron chi connectivity index (χ2n) is 37.7. The molecule has 0 bridgehead atoms. The van der Waals surface area contributed by atoms with Crippen LogP contribution in [0, 0.1) is 0 Å². The predicted molar refractivity (Wildman–Crippen MR) is 530 cm³/mol. The van der Waals surface area contributed by atoms with Crippen LogP contribution in [0.2, 0.25) is 0 Å². The molecule has 604 valence electrons. The Bertz CT molecular complexity index is 7620. The van der Waals surface area contributed by atoms with E-state index >= 15 is 0 Å². The maximum absolute atomic E-state index is 6.47. The summed E-state index contributed by atoms with van der Waals surface area (Å²) in [6.45, 7) is 23.8. The Hall–Kier alpha value is -14.6. The largest absolute Gasteiger partial charge is 0.455 e. The van der Waals surface area contributed by atoms with Crippen LogP contribution in [0.3, 0.4) is 0 Å². The molecule has 1 heterocycles. The summed E-state index contributed by atoms with van der Waals surface area (Å²) in [5.41, 5.74) is 50.0. The molecule has 3 heteroatoms. The Morgan fingerprint density at radius 3 is 0.952 bits per heavy atom. The zero-order chi connectivity index (χ0) is 85.3. The fourth-order valence-corrected chi connectivity index (χ4v) is 22.7. The summed E-state index contributed by atoms with van der Waals surface area (Å²) < 4.78 is 6.47. The normalized spacial score (nSPS) is 14.6. The van der Waals surface area contributed by atoms with Crippen molar-refractivity contribution in [1.29, 1.82) is 0 Å². The number of anilines is 6. The van der Waals surface area contributed by atoms with Gasteiger partial charge in [-0.2, -0.15) is 0 Å². The van der Waals surface area contributed by atoms with Gasteiger partial charge in [-0.05, 0) is 251 Å². The van der Waals surface area contributed by atoms with Gasteiger partial charge < -0.3 is 14.2 Å². The standard InChI is InChI=1S/C63H51N.C60H45NO/c1-61(2)54-24-14-11-20-51(54)58-49(22-16-26-56(58)61)50-38-37-46(60-59(50)52-21-12-15-25-55(52)63(60,5)6)42-29-33-44(34-30-42)64(43-31-27-41(28-32-43)40-17-8-7-9-18-40)45-35-36-48-47-19-10-13-23-53(47)62(3,4)57(48)39-45;1-59(2)52-22-11-8-17-47(52)48-34-33-43(37-54(48)59)61(42-31-27-40(28-32-42)46-20-14-21-50-49-18-10-13-24-55(49)62-58(46)50)41-29-25-39(26-30-41)45-36-35-44(38-15-6-5-7-16-38)56-51-19-9-12-23-53(51)60(3,4)57(45)56/h7-39H,1-6H3;5-37H,1-4H3. The van der Waals surface area contributed by atoms with Gasteiger partial charge in [-0.3, -0.25) is 0 Å². The first kappa shape index (κ1) is 76.3. The van der Waals surface area contributed by atoms with Crippen molar-refractivity contribution in [3.63, 3.8) is 0 Å². The number of benzene rings is 18. The van der Waals surface area contributed by atoms with Crippen LogP contribution in [0.4, 0.5) is 34.1 Å². The van der Waals surface area contributed by atoms with E-state index in [1.54, 1.807) is 0 Å². The van der Waals surface area contributed by atoms with Gasteiger partial charge in [0.05, 0.1) is 0 Å². The van der Waals surface area contributed by atoms with Gasteiger partial charge in [0.1, 0.15) is 11.2 Å². The topological polar surface area (TPSA) is 19.6 Å². The van der Waals surface area contributed by atoms with E-state index in [-0.39, 0.29) is 27.1 Å². The molecule has 0 N–H and O–H groups in total. The minimum atomic E-state index is -0.202. The van der Waals surface area contributed by atoms with Gasteiger partial charge in [0.2, 0.25) is 0 Å². The van der Waals surface area contributed by atoms with Crippen LogP contribution in [0.5, 0.6) is 0 Å². The summed E-state index contributed by atoms with van der Waals surface area (Å²) >= 11 is 0. The smallest absolute Gasteiger partial charge is 0.143 e. The Labute approximate surface area is 739 Å². The second kappa shape index (κ2) is 28.7. The van der Waals surface area contributed by atoms with E-state index in [2.05, 4.69) is 473 Å². The van der Waals surface area contributed by atoms with E-state index < -0.39 is 0 Å². The molecular weight excluding hydrogens is 1520 g/mol. The maximum atomic E-state index is 6.47. The minimum absolute atomic E-state index is 0.0667. The molecular formula is C123H96N2O. The first-order valence-corrected chi connectivity index (χ1v) is 44.6. The van der Waals surface area contributed by atoms with Crippen LogP contribution in [0.25, 0.3) is 144 Å². The van der Waals surface area contributed by atoms with Gasteiger partial charge >= 0.3 is 0 Å². The molecule has 0 radical (unpaired) electrons. The van der Waals surface area contributed by atoms with Crippen molar-refractivity contribution in [2.75, 3.05) is 9.80 Å². The van der Waals surface area contributed by atoms with Crippen LogP contribution >= 0.6 is 0 Å². The molecule has 18 aromatic carbocycles. The molecule has 0 fully saturated rings. The zero-order valence-electron chi connectivity index (χ0n) is 72.9. The van der Waals surface area contributed by atoms with Gasteiger partial charge in [-0.15, -0.1) is 0 Å². The molecule has 0 saturated heterocycles. The van der Waals surface area contributed by atoms with Crippen LogP contribution in [0.1, 0.15) is 125 Å². The lowest BCUT2D eigenvalue weighted by atomic mass is 9.77. The molecule has 1 aromatic heterocycles. The molecule has 0 amide bonds. The van der Waals surface area contributed by atoms with Gasteiger partial charge in [0, 0.05) is 77.5 Å². The highest BCUT2D eigenvalue weighted by Gasteiger charge is 2.44. The quantitative estimate of drug-likeness (QED) is 0.122. The van der Waals surface area contributed by atoms with Gasteiger partial charge in [-0.25, -0.2) is 0 Å². The van der Waals surface area contributed by atoms with Crippen LogP contribution in [-0.4, -0.2) is 0 Å². The lowest BCUT2D eigenvalue weighted by Crippen LogP contribution is -2.17. The Kier molecular flexibility index (Phi) is 17.4. The monoisotopic (exact) mass is 1620 g/mol. The van der Waals surface area contributed by atoms with Gasteiger partial charge in [0.25, 0.3) is 0 Å². The average Bonchev–Trinajstić information content (AvgIpc) is 1.55. The van der Waals surface area contributed by atoms with Crippen molar-refractivity contribution >= 4 is 56.1 Å².